The SMILES string of the molecule is COc1ccccc1CCNC(=O)NCCc1cccnc1. The number of hydrogen-bond acceptors (Lipinski definition) is 3. The number of rotatable bonds is 7. The smallest absolute Gasteiger partial charge is 0.314 e. The fourth-order valence-corrected chi connectivity index (χ4v) is 2.15. The molecule has 0 unspecified atom stereocenters. The minimum absolute atomic E-state index is 0.154. The van der Waals surface area contributed by atoms with E-state index < -0.39 is 0 Å². The molecular weight excluding hydrogens is 278 g/mol. The second kappa shape index (κ2) is 8.67. The number of carbonyl (C=O) groups excluding carboxylic acids is 1. The molecule has 1 aromatic carbocycles. The molecule has 5 heteroatoms. The molecule has 116 valence electrons. The maximum absolute atomic E-state index is 11.7. The predicted molar refractivity (Wildman–Crippen MR) is 86.0 cm³/mol. The summed E-state index contributed by atoms with van der Waals surface area (Å²) >= 11 is 0. The minimum atomic E-state index is -0.154. The molecule has 0 fully saturated rings. The van der Waals surface area contributed by atoms with Gasteiger partial charge < -0.3 is 15.4 Å². The number of benzene rings is 1. The van der Waals surface area contributed by atoms with Crippen LogP contribution in [0.4, 0.5) is 4.79 Å². The highest BCUT2D eigenvalue weighted by Crippen LogP contribution is 2.17. The Balaban J connectivity index is 1.65. The van der Waals surface area contributed by atoms with Gasteiger partial charge in [-0.1, -0.05) is 24.3 Å². The number of ether oxygens (including phenoxy) is 1. The Bertz CT molecular complexity index is 587. The van der Waals surface area contributed by atoms with Crippen LogP contribution in [0.1, 0.15) is 11.1 Å². The van der Waals surface area contributed by atoms with E-state index in [1.807, 2.05) is 36.4 Å². The maximum Gasteiger partial charge on any atom is 0.314 e. The molecule has 2 amide bonds. The molecule has 1 aromatic heterocycles. The van der Waals surface area contributed by atoms with Gasteiger partial charge in [0.25, 0.3) is 0 Å². The van der Waals surface area contributed by atoms with E-state index in [-0.39, 0.29) is 6.03 Å². The number of carbonyl (C=O) groups is 1. The fraction of sp³-hybridized carbons (Fsp3) is 0.294. The average Bonchev–Trinajstić information content (AvgIpc) is 2.56. The van der Waals surface area contributed by atoms with E-state index in [9.17, 15) is 4.79 Å². The predicted octanol–water partition coefficient (Wildman–Crippen LogP) is 2.17. The van der Waals surface area contributed by atoms with Crippen LogP contribution in [0.5, 0.6) is 5.75 Å². The van der Waals surface area contributed by atoms with Gasteiger partial charge in [0, 0.05) is 25.5 Å². The van der Waals surface area contributed by atoms with Gasteiger partial charge >= 0.3 is 6.03 Å². The normalized spacial score (nSPS) is 10.0. The molecule has 0 atom stereocenters. The summed E-state index contributed by atoms with van der Waals surface area (Å²) in [6, 6.07) is 11.5. The van der Waals surface area contributed by atoms with Crippen molar-refractivity contribution in [3.05, 3.63) is 59.9 Å². The van der Waals surface area contributed by atoms with Crippen LogP contribution >= 0.6 is 0 Å². The number of aromatic nitrogens is 1. The molecule has 0 radical (unpaired) electrons. The zero-order valence-electron chi connectivity index (χ0n) is 12.7. The first-order valence-electron chi connectivity index (χ1n) is 7.32. The second-order valence-electron chi connectivity index (χ2n) is 4.86. The molecule has 1 heterocycles. The fourth-order valence-electron chi connectivity index (χ4n) is 2.15. The van der Waals surface area contributed by atoms with Gasteiger partial charge in [-0.15, -0.1) is 0 Å². The Morgan fingerprint density at radius 3 is 2.59 bits per heavy atom. The summed E-state index contributed by atoms with van der Waals surface area (Å²) in [5.74, 6) is 0.848. The van der Waals surface area contributed by atoms with E-state index in [2.05, 4.69) is 15.6 Å². The minimum Gasteiger partial charge on any atom is -0.496 e. The van der Waals surface area contributed by atoms with Gasteiger partial charge in [0.1, 0.15) is 5.75 Å². The molecule has 22 heavy (non-hydrogen) atoms. The van der Waals surface area contributed by atoms with Crippen molar-refractivity contribution in [3.63, 3.8) is 0 Å². The van der Waals surface area contributed by atoms with E-state index in [0.29, 0.717) is 13.1 Å². The van der Waals surface area contributed by atoms with Crippen LogP contribution in [0, 0.1) is 0 Å². The lowest BCUT2D eigenvalue weighted by Gasteiger charge is -2.10. The zero-order chi connectivity index (χ0) is 15.6. The third kappa shape index (κ3) is 5.09. The van der Waals surface area contributed by atoms with Gasteiger partial charge in [-0.25, -0.2) is 4.79 Å². The molecule has 5 nitrogen and oxygen atoms in total. The van der Waals surface area contributed by atoms with E-state index in [1.165, 1.54) is 0 Å². The van der Waals surface area contributed by atoms with Gasteiger partial charge in [0.15, 0.2) is 0 Å². The summed E-state index contributed by atoms with van der Waals surface area (Å²) in [6.45, 7) is 1.16. The van der Waals surface area contributed by atoms with Gasteiger partial charge in [-0.2, -0.15) is 0 Å². The Morgan fingerprint density at radius 1 is 1.09 bits per heavy atom. The van der Waals surface area contributed by atoms with E-state index in [1.54, 1.807) is 19.5 Å². The second-order valence-corrected chi connectivity index (χ2v) is 4.86. The van der Waals surface area contributed by atoms with Crippen LogP contribution in [0.25, 0.3) is 0 Å². The van der Waals surface area contributed by atoms with Crippen LogP contribution in [-0.4, -0.2) is 31.2 Å². The van der Waals surface area contributed by atoms with Gasteiger partial charge in [0.05, 0.1) is 7.11 Å². The van der Waals surface area contributed by atoms with Crippen molar-refractivity contribution in [3.8, 4) is 5.75 Å². The highest BCUT2D eigenvalue weighted by molar-refractivity contribution is 5.73. The Morgan fingerprint density at radius 2 is 1.86 bits per heavy atom. The number of methoxy groups -OCH3 is 1. The van der Waals surface area contributed by atoms with Crippen LogP contribution in [0.15, 0.2) is 48.8 Å². The summed E-state index contributed by atoms with van der Waals surface area (Å²) in [5.41, 5.74) is 2.19. The van der Waals surface area contributed by atoms with E-state index >= 15 is 0 Å². The molecule has 0 aliphatic rings. The van der Waals surface area contributed by atoms with Gasteiger partial charge in [-0.05, 0) is 36.1 Å². The van der Waals surface area contributed by atoms with Crippen LogP contribution in [-0.2, 0) is 12.8 Å². The molecule has 2 rings (SSSR count). The van der Waals surface area contributed by atoms with Gasteiger partial charge in [0.2, 0.25) is 0 Å². The Kier molecular flexibility index (Phi) is 6.23. The summed E-state index contributed by atoms with van der Waals surface area (Å²) in [4.78, 5) is 15.8. The largest absolute Gasteiger partial charge is 0.496 e. The molecular formula is C17H21N3O2. The zero-order valence-corrected chi connectivity index (χ0v) is 12.7. The van der Waals surface area contributed by atoms with Crippen LogP contribution in [0.2, 0.25) is 0 Å². The van der Waals surface area contributed by atoms with Crippen molar-refractivity contribution < 1.29 is 9.53 Å². The molecule has 0 aliphatic heterocycles. The number of hydrogen-bond donors (Lipinski definition) is 2. The molecule has 2 N–H and O–H groups in total. The monoisotopic (exact) mass is 299 g/mol. The molecule has 0 saturated carbocycles. The summed E-state index contributed by atoms with van der Waals surface area (Å²) in [7, 11) is 1.65. The van der Waals surface area contributed by atoms with Gasteiger partial charge in [-0.3, -0.25) is 4.98 Å². The molecule has 0 spiro atoms. The number of nitrogens with one attached hydrogen (secondary N) is 2. The van der Waals surface area contributed by atoms with Crippen molar-refractivity contribution in [1.29, 1.82) is 0 Å². The first-order chi connectivity index (χ1) is 10.8. The first kappa shape index (κ1) is 15.8. The summed E-state index contributed by atoms with van der Waals surface area (Å²) in [5, 5.41) is 5.68. The summed E-state index contributed by atoms with van der Waals surface area (Å²) in [6.07, 6.45) is 5.05. The van der Waals surface area contributed by atoms with Crippen molar-refractivity contribution >= 4 is 6.03 Å². The van der Waals surface area contributed by atoms with E-state index in [4.69, 9.17) is 4.74 Å². The van der Waals surface area contributed by atoms with Crippen molar-refractivity contribution in [2.45, 2.75) is 12.8 Å². The third-order valence-corrected chi connectivity index (χ3v) is 3.29. The maximum atomic E-state index is 11.7. The molecule has 2 aromatic rings. The van der Waals surface area contributed by atoms with E-state index in [0.717, 1.165) is 29.7 Å². The number of nitrogens with zero attached hydrogens (tertiary/aromatic N) is 1. The third-order valence-electron chi connectivity index (χ3n) is 3.29. The van der Waals surface area contributed by atoms with Crippen molar-refractivity contribution in [2.24, 2.45) is 0 Å². The highest BCUT2D eigenvalue weighted by Gasteiger charge is 2.03. The first-order valence-corrected chi connectivity index (χ1v) is 7.32. The Hall–Kier alpha value is -2.56. The van der Waals surface area contributed by atoms with Crippen LogP contribution in [0.3, 0.4) is 0 Å². The molecule has 0 aliphatic carbocycles. The highest BCUT2D eigenvalue weighted by atomic mass is 16.5. The number of amides is 2. The lowest BCUT2D eigenvalue weighted by Crippen LogP contribution is -2.37. The summed E-state index contributed by atoms with van der Waals surface area (Å²) < 4.78 is 5.28. The van der Waals surface area contributed by atoms with Crippen molar-refractivity contribution in [2.75, 3.05) is 20.2 Å². The topological polar surface area (TPSA) is 63.2 Å². The van der Waals surface area contributed by atoms with Crippen LogP contribution < -0.4 is 15.4 Å². The lowest BCUT2D eigenvalue weighted by atomic mass is 10.1. The number of pyridine rings is 1. The molecule has 0 saturated heterocycles. The standard InChI is InChI=1S/C17H21N3O2/c1-22-16-7-3-2-6-15(16)9-12-20-17(21)19-11-8-14-5-4-10-18-13-14/h2-7,10,13H,8-9,11-12H2,1H3,(H2,19,20,21). The quantitative estimate of drug-likeness (QED) is 0.823. The lowest BCUT2D eigenvalue weighted by molar-refractivity contribution is 0.241. The molecule has 0 bridgehead atoms. The number of para-hydroxylation sites is 1. The van der Waals surface area contributed by atoms with Crippen molar-refractivity contribution in [1.82, 2.24) is 15.6 Å². The Labute approximate surface area is 130 Å². The number of urea groups is 1. The average molecular weight is 299 g/mol.